The molecule has 1 aliphatic rings. The van der Waals surface area contributed by atoms with Crippen LogP contribution in [0.5, 0.6) is 0 Å². The van der Waals surface area contributed by atoms with Crippen LogP contribution in [0, 0.1) is 0 Å². The smallest absolute Gasteiger partial charge is 0.252 e. The van der Waals surface area contributed by atoms with E-state index in [1.54, 1.807) is 24.6 Å². The molecule has 1 aromatic heterocycles. The fourth-order valence-corrected chi connectivity index (χ4v) is 5.53. The minimum atomic E-state index is -3.44. The molecule has 1 heterocycles. The Balaban J connectivity index is 1.47. The molecule has 134 valence electrons. The van der Waals surface area contributed by atoms with Gasteiger partial charge in [-0.05, 0) is 41.8 Å². The molecule has 0 saturated carbocycles. The lowest BCUT2D eigenvalue weighted by Crippen LogP contribution is -2.30. The van der Waals surface area contributed by atoms with Crippen molar-refractivity contribution in [3.63, 3.8) is 0 Å². The van der Waals surface area contributed by atoms with Gasteiger partial charge in [0.1, 0.15) is 4.21 Å². The minimum absolute atomic E-state index is 0.0244. The standard InChI is InChI=1S/C18H22N2O3S2/c1-20(25(22,23)18-9-5-13-24-18)12-4-8-17(21)19-16-11-10-14-6-2-3-7-15(14)16/h2-3,5-7,9,13,16H,4,8,10-12H2,1H3,(H,19,21). The number of nitrogens with one attached hydrogen (secondary N) is 1. The molecule has 0 radical (unpaired) electrons. The van der Waals surface area contributed by atoms with Crippen LogP contribution in [0.4, 0.5) is 0 Å². The molecule has 1 N–H and O–H groups in total. The number of nitrogens with zero attached hydrogens (tertiary/aromatic N) is 1. The highest BCUT2D eigenvalue weighted by atomic mass is 32.2. The number of hydrogen-bond donors (Lipinski definition) is 1. The number of hydrogen-bond acceptors (Lipinski definition) is 4. The fourth-order valence-electron chi connectivity index (χ4n) is 3.12. The number of amides is 1. The van der Waals surface area contributed by atoms with Crippen LogP contribution < -0.4 is 5.32 Å². The van der Waals surface area contributed by atoms with Crippen molar-refractivity contribution in [2.75, 3.05) is 13.6 Å². The lowest BCUT2D eigenvalue weighted by atomic mass is 10.1. The predicted octanol–water partition coefficient (Wildman–Crippen LogP) is 2.95. The molecule has 0 fully saturated rings. The molecule has 0 bridgehead atoms. The molecule has 0 saturated heterocycles. The molecular formula is C18H22N2O3S2. The number of benzene rings is 1. The highest BCUT2D eigenvalue weighted by molar-refractivity contribution is 7.91. The number of carbonyl (C=O) groups is 1. The summed E-state index contributed by atoms with van der Waals surface area (Å²) in [6.45, 7) is 0.328. The Kier molecular flexibility index (Phi) is 5.56. The largest absolute Gasteiger partial charge is 0.349 e. The molecule has 1 unspecified atom stereocenters. The molecule has 5 nitrogen and oxygen atoms in total. The summed E-state index contributed by atoms with van der Waals surface area (Å²) in [6.07, 6.45) is 2.74. The van der Waals surface area contributed by atoms with E-state index >= 15 is 0 Å². The average Bonchev–Trinajstić information content (AvgIpc) is 3.25. The second-order valence-corrected chi connectivity index (χ2v) is 9.44. The van der Waals surface area contributed by atoms with Crippen molar-refractivity contribution in [2.45, 2.75) is 35.9 Å². The lowest BCUT2D eigenvalue weighted by Gasteiger charge is -2.17. The van der Waals surface area contributed by atoms with Gasteiger partial charge in [0.25, 0.3) is 10.0 Å². The summed E-state index contributed by atoms with van der Waals surface area (Å²) in [6, 6.07) is 11.6. The second kappa shape index (κ2) is 7.68. The summed E-state index contributed by atoms with van der Waals surface area (Å²) in [5, 5.41) is 4.81. The van der Waals surface area contributed by atoms with Gasteiger partial charge < -0.3 is 5.32 Å². The predicted molar refractivity (Wildman–Crippen MR) is 99.0 cm³/mol. The van der Waals surface area contributed by atoms with Gasteiger partial charge >= 0.3 is 0 Å². The van der Waals surface area contributed by atoms with Gasteiger partial charge in [-0.3, -0.25) is 4.79 Å². The summed E-state index contributed by atoms with van der Waals surface area (Å²) in [5.74, 6) is -0.0244. The molecule has 1 aliphatic carbocycles. The quantitative estimate of drug-likeness (QED) is 0.805. The Morgan fingerprint density at radius 1 is 1.28 bits per heavy atom. The first-order valence-corrected chi connectivity index (χ1v) is 10.7. The van der Waals surface area contributed by atoms with Crippen LogP contribution in [0.2, 0.25) is 0 Å². The van der Waals surface area contributed by atoms with Crippen molar-refractivity contribution in [1.29, 1.82) is 0 Å². The zero-order valence-corrected chi connectivity index (χ0v) is 15.8. The van der Waals surface area contributed by atoms with Crippen LogP contribution in [0.25, 0.3) is 0 Å². The van der Waals surface area contributed by atoms with E-state index in [-0.39, 0.29) is 11.9 Å². The van der Waals surface area contributed by atoms with Gasteiger partial charge in [0.05, 0.1) is 6.04 Å². The summed E-state index contributed by atoms with van der Waals surface area (Å²) in [5.41, 5.74) is 2.50. The van der Waals surface area contributed by atoms with Gasteiger partial charge in [-0.2, -0.15) is 0 Å². The first-order chi connectivity index (χ1) is 12.0. The molecule has 2 aromatic rings. The Morgan fingerprint density at radius 2 is 2.08 bits per heavy atom. The van der Waals surface area contributed by atoms with E-state index in [1.165, 1.54) is 26.8 Å². The molecule has 1 amide bonds. The maximum absolute atomic E-state index is 12.3. The molecule has 3 rings (SSSR count). The number of aryl methyl sites for hydroxylation is 1. The monoisotopic (exact) mass is 378 g/mol. The number of fused-ring (bicyclic) bond motifs is 1. The number of rotatable bonds is 7. The SMILES string of the molecule is CN(CCCC(=O)NC1CCc2ccccc21)S(=O)(=O)c1cccs1. The van der Waals surface area contributed by atoms with Gasteiger partial charge in [-0.1, -0.05) is 30.3 Å². The van der Waals surface area contributed by atoms with E-state index in [0.29, 0.717) is 23.6 Å². The molecule has 25 heavy (non-hydrogen) atoms. The molecule has 1 atom stereocenters. The van der Waals surface area contributed by atoms with Crippen LogP contribution in [-0.2, 0) is 21.2 Å². The third-order valence-corrected chi connectivity index (χ3v) is 7.73. The summed E-state index contributed by atoms with van der Waals surface area (Å²) in [7, 11) is -1.88. The van der Waals surface area contributed by atoms with Crippen LogP contribution in [0.15, 0.2) is 46.0 Å². The van der Waals surface area contributed by atoms with Gasteiger partial charge in [0, 0.05) is 20.0 Å². The van der Waals surface area contributed by atoms with Crippen LogP contribution >= 0.6 is 11.3 Å². The maximum Gasteiger partial charge on any atom is 0.252 e. The highest BCUT2D eigenvalue weighted by Crippen LogP contribution is 2.30. The molecule has 1 aromatic carbocycles. The van der Waals surface area contributed by atoms with E-state index in [2.05, 4.69) is 17.4 Å². The molecular weight excluding hydrogens is 356 g/mol. The molecule has 7 heteroatoms. The Morgan fingerprint density at radius 3 is 2.84 bits per heavy atom. The highest BCUT2D eigenvalue weighted by Gasteiger charge is 2.24. The minimum Gasteiger partial charge on any atom is -0.349 e. The van der Waals surface area contributed by atoms with E-state index < -0.39 is 10.0 Å². The van der Waals surface area contributed by atoms with Crippen LogP contribution in [-0.4, -0.2) is 32.2 Å². The topological polar surface area (TPSA) is 66.5 Å². The van der Waals surface area contributed by atoms with E-state index in [4.69, 9.17) is 0 Å². The number of thiophene rings is 1. The summed E-state index contributed by atoms with van der Waals surface area (Å²) in [4.78, 5) is 12.2. The van der Waals surface area contributed by atoms with Crippen LogP contribution in [0.1, 0.15) is 36.4 Å². The van der Waals surface area contributed by atoms with Gasteiger partial charge in [-0.15, -0.1) is 11.3 Å². The Bertz CT molecular complexity index is 832. The van der Waals surface area contributed by atoms with Crippen molar-refractivity contribution in [1.82, 2.24) is 9.62 Å². The zero-order valence-electron chi connectivity index (χ0n) is 14.1. The van der Waals surface area contributed by atoms with Crippen molar-refractivity contribution >= 4 is 27.3 Å². The van der Waals surface area contributed by atoms with E-state index in [0.717, 1.165) is 12.8 Å². The molecule has 0 aliphatic heterocycles. The summed E-state index contributed by atoms with van der Waals surface area (Å²) >= 11 is 1.20. The fraction of sp³-hybridized carbons (Fsp3) is 0.389. The van der Waals surface area contributed by atoms with Crippen molar-refractivity contribution < 1.29 is 13.2 Å². The Hall–Kier alpha value is -1.70. The second-order valence-electron chi connectivity index (χ2n) is 6.22. The Labute approximate surface area is 152 Å². The van der Waals surface area contributed by atoms with E-state index in [1.807, 2.05) is 12.1 Å². The average molecular weight is 379 g/mol. The number of carbonyl (C=O) groups excluding carboxylic acids is 1. The lowest BCUT2D eigenvalue weighted by molar-refractivity contribution is -0.122. The van der Waals surface area contributed by atoms with Crippen molar-refractivity contribution in [3.8, 4) is 0 Å². The first-order valence-electron chi connectivity index (χ1n) is 8.35. The molecule has 0 spiro atoms. The third-order valence-electron chi connectivity index (χ3n) is 4.50. The van der Waals surface area contributed by atoms with Gasteiger partial charge in [0.15, 0.2) is 0 Å². The van der Waals surface area contributed by atoms with Crippen molar-refractivity contribution in [2.24, 2.45) is 0 Å². The van der Waals surface area contributed by atoms with Gasteiger partial charge in [-0.25, -0.2) is 12.7 Å². The third kappa shape index (κ3) is 4.11. The van der Waals surface area contributed by atoms with Crippen molar-refractivity contribution in [3.05, 3.63) is 52.9 Å². The van der Waals surface area contributed by atoms with Gasteiger partial charge in [0.2, 0.25) is 5.91 Å². The first kappa shape index (κ1) is 18.1. The zero-order chi connectivity index (χ0) is 17.9. The van der Waals surface area contributed by atoms with Crippen LogP contribution in [0.3, 0.4) is 0 Å². The number of sulfonamides is 1. The summed E-state index contributed by atoms with van der Waals surface area (Å²) < 4.78 is 26.3. The van der Waals surface area contributed by atoms with E-state index in [9.17, 15) is 13.2 Å². The normalized spacial score (nSPS) is 16.8. The maximum atomic E-state index is 12.3.